The lowest BCUT2D eigenvalue weighted by Crippen LogP contribution is -2.31. The number of nitrogens with zero attached hydrogens (tertiary/aromatic N) is 3. The zero-order valence-electron chi connectivity index (χ0n) is 10.8. The number of rotatable bonds is 5. The number of halogens is 1. The molecule has 0 aliphatic carbocycles. The van der Waals surface area contributed by atoms with Crippen molar-refractivity contribution in [3.63, 3.8) is 0 Å². The van der Waals surface area contributed by atoms with Crippen LogP contribution in [0.4, 0.5) is 4.39 Å². The van der Waals surface area contributed by atoms with Gasteiger partial charge in [0.1, 0.15) is 23.7 Å². The zero-order valence-corrected chi connectivity index (χ0v) is 10.8. The number of aryl methyl sites for hydroxylation is 1. The fourth-order valence-corrected chi connectivity index (χ4v) is 1.97. The summed E-state index contributed by atoms with van der Waals surface area (Å²) in [4.78, 5) is 4.11. The highest BCUT2D eigenvalue weighted by Crippen LogP contribution is 2.29. The third-order valence-electron chi connectivity index (χ3n) is 2.97. The topological polar surface area (TPSA) is 78.0 Å². The van der Waals surface area contributed by atoms with Crippen molar-refractivity contribution in [2.75, 3.05) is 7.11 Å². The van der Waals surface area contributed by atoms with Crippen LogP contribution < -0.4 is 16.0 Å². The van der Waals surface area contributed by atoms with Crippen molar-refractivity contribution in [2.24, 2.45) is 12.9 Å². The average Bonchev–Trinajstić information content (AvgIpc) is 2.81. The fourth-order valence-electron chi connectivity index (χ4n) is 1.97. The SMILES string of the molecule is COc1cccc(F)c1C(Cc1ncnn1C)NN. The number of ether oxygens (including phenoxy) is 1. The molecule has 0 radical (unpaired) electrons. The molecule has 102 valence electrons. The number of aromatic nitrogens is 3. The van der Waals surface area contributed by atoms with Gasteiger partial charge in [0.05, 0.1) is 13.2 Å². The Bertz CT molecular complexity index is 557. The van der Waals surface area contributed by atoms with Crippen LogP contribution in [0.1, 0.15) is 17.4 Å². The number of methoxy groups -OCH3 is 1. The van der Waals surface area contributed by atoms with Crippen LogP contribution in [0.2, 0.25) is 0 Å². The number of nitrogens with two attached hydrogens (primary N) is 1. The largest absolute Gasteiger partial charge is 0.496 e. The van der Waals surface area contributed by atoms with Crippen molar-refractivity contribution in [1.29, 1.82) is 0 Å². The first-order valence-corrected chi connectivity index (χ1v) is 5.78. The van der Waals surface area contributed by atoms with Gasteiger partial charge in [0, 0.05) is 19.0 Å². The zero-order chi connectivity index (χ0) is 13.8. The molecule has 0 aliphatic rings. The molecule has 0 spiro atoms. The Labute approximate surface area is 110 Å². The van der Waals surface area contributed by atoms with E-state index in [0.717, 1.165) is 0 Å². The molecule has 0 saturated carbocycles. The molecule has 0 saturated heterocycles. The molecule has 2 aromatic rings. The lowest BCUT2D eigenvalue weighted by molar-refractivity contribution is 0.388. The molecular formula is C12H16FN5O. The molecular weight excluding hydrogens is 249 g/mol. The van der Waals surface area contributed by atoms with E-state index in [0.29, 0.717) is 23.6 Å². The quantitative estimate of drug-likeness (QED) is 0.615. The monoisotopic (exact) mass is 265 g/mol. The molecule has 1 unspecified atom stereocenters. The van der Waals surface area contributed by atoms with Crippen LogP contribution in [0.3, 0.4) is 0 Å². The van der Waals surface area contributed by atoms with E-state index < -0.39 is 6.04 Å². The predicted molar refractivity (Wildman–Crippen MR) is 67.7 cm³/mol. The minimum absolute atomic E-state index is 0.371. The Kier molecular flexibility index (Phi) is 4.08. The summed E-state index contributed by atoms with van der Waals surface area (Å²) in [6.45, 7) is 0. The normalized spacial score (nSPS) is 12.4. The maximum atomic E-state index is 14.0. The first-order chi connectivity index (χ1) is 9.17. The number of benzene rings is 1. The number of hydrogen-bond donors (Lipinski definition) is 2. The second kappa shape index (κ2) is 5.77. The van der Waals surface area contributed by atoms with E-state index in [2.05, 4.69) is 15.5 Å². The van der Waals surface area contributed by atoms with E-state index in [1.54, 1.807) is 23.9 Å². The smallest absolute Gasteiger partial charge is 0.138 e. The minimum atomic E-state index is -0.445. The van der Waals surface area contributed by atoms with Gasteiger partial charge in [-0.1, -0.05) is 6.07 Å². The van der Waals surface area contributed by atoms with Gasteiger partial charge in [0.15, 0.2) is 0 Å². The molecule has 1 aromatic heterocycles. The van der Waals surface area contributed by atoms with E-state index in [4.69, 9.17) is 10.6 Å². The molecule has 2 rings (SSSR count). The molecule has 0 bridgehead atoms. The van der Waals surface area contributed by atoms with Gasteiger partial charge in [-0.15, -0.1) is 0 Å². The van der Waals surface area contributed by atoms with E-state index in [1.807, 2.05) is 0 Å². The summed E-state index contributed by atoms with van der Waals surface area (Å²) in [6, 6.07) is 4.21. The third kappa shape index (κ3) is 2.72. The second-order valence-electron chi connectivity index (χ2n) is 4.08. The molecule has 1 aromatic carbocycles. The maximum Gasteiger partial charge on any atom is 0.138 e. The Morgan fingerprint density at radius 2 is 2.32 bits per heavy atom. The Morgan fingerprint density at radius 1 is 1.53 bits per heavy atom. The van der Waals surface area contributed by atoms with Crippen molar-refractivity contribution < 1.29 is 9.13 Å². The van der Waals surface area contributed by atoms with Crippen molar-refractivity contribution in [3.05, 3.63) is 41.7 Å². The van der Waals surface area contributed by atoms with Crippen molar-refractivity contribution in [1.82, 2.24) is 20.2 Å². The molecule has 0 aliphatic heterocycles. The summed E-state index contributed by atoms with van der Waals surface area (Å²) < 4.78 is 20.8. The van der Waals surface area contributed by atoms with Crippen LogP contribution in [0.5, 0.6) is 5.75 Å². The van der Waals surface area contributed by atoms with Gasteiger partial charge < -0.3 is 4.74 Å². The van der Waals surface area contributed by atoms with Crippen LogP contribution >= 0.6 is 0 Å². The number of hydrogen-bond acceptors (Lipinski definition) is 5. The molecule has 6 nitrogen and oxygen atoms in total. The van der Waals surface area contributed by atoms with Gasteiger partial charge in [-0.25, -0.2) is 9.37 Å². The third-order valence-corrected chi connectivity index (χ3v) is 2.97. The lowest BCUT2D eigenvalue weighted by Gasteiger charge is -2.19. The van der Waals surface area contributed by atoms with Crippen molar-refractivity contribution in [3.8, 4) is 5.75 Å². The summed E-state index contributed by atoms with van der Waals surface area (Å²) in [5, 5.41) is 3.97. The standard InChI is InChI=1S/C12H16FN5O/c1-18-11(15-7-16-18)6-9(17-14)12-8(13)4-3-5-10(12)19-2/h3-5,7,9,17H,6,14H2,1-2H3. The molecule has 0 fully saturated rings. The summed E-state index contributed by atoms with van der Waals surface area (Å²) >= 11 is 0. The Morgan fingerprint density at radius 3 is 2.89 bits per heavy atom. The summed E-state index contributed by atoms with van der Waals surface area (Å²) in [5.41, 5.74) is 2.98. The van der Waals surface area contributed by atoms with Gasteiger partial charge >= 0.3 is 0 Å². The summed E-state index contributed by atoms with van der Waals surface area (Å²) in [7, 11) is 3.27. The van der Waals surface area contributed by atoms with Crippen LogP contribution in [0.15, 0.2) is 24.5 Å². The van der Waals surface area contributed by atoms with Crippen LogP contribution in [0.25, 0.3) is 0 Å². The van der Waals surface area contributed by atoms with Crippen molar-refractivity contribution in [2.45, 2.75) is 12.5 Å². The van der Waals surface area contributed by atoms with E-state index in [1.165, 1.54) is 19.5 Å². The van der Waals surface area contributed by atoms with Gasteiger partial charge in [-0.2, -0.15) is 5.10 Å². The Balaban J connectivity index is 2.34. The van der Waals surface area contributed by atoms with Gasteiger partial charge in [-0.3, -0.25) is 16.0 Å². The summed E-state index contributed by atoms with van der Waals surface area (Å²) in [5.74, 6) is 6.31. The number of nitrogens with one attached hydrogen (secondary N) is 1. The molecule has 19 heavy (non-hydrogen) atoms. The lowest BCUT2D eigenvalue weighted by atomic mass is 10.0. The highest BCUT2D eigenvalue weighted by molar-refractivity contribution is 5.37. The van der Waals surface area contributed by atoms with Gasteiger partial charge in [0.2, 0.25) is 0 Å². The highest BCUT2D eigenvalue weighted by Gasteiger charge is 2.21. The second-order valence-corrected chi connectivity index (χ2v) is 4.08. The average molecular weight is 265 g/mol. The minimum Gasteiger partial charge on any atom is -0.496 e. The van der Waals surface area contributed by atoms with E-state index in [9.17, 15) is 4.39 Å². The van der Waals surface area contributed by atoms with Crippen LogP contribution in [-0.2, 0) is 13.5 Å². The number of hydrazine groups is 1. The van der Waals surface area contributed by atoms with E-state index in [-0.39, 0.29) is 5.82 Å². The summed E-state index contributed by atoms with van der Waals surface area (Å²) in [6.07, 6.45) is 1.85. The van der Waals surface area contributed by atoms with Crippen molar-refractivity contribution >= 4 is 0 Å². The molecule has 3 N–H and O–H groups in total. The molecule has 1 atom stereocenters. The molecule has 7 heteroatoms. The van der Waals surface area contributed by atoms with Crippen LogP contribution in [-0.4, -0.2) is 21.9 Å². The fraction of sp³-hybridized carbons (Fsp3) is 0.333. The maximum absolute atomic E-state index is 14.0. The van der Waals surface area contributed by atoms with Gasteiger partial charge in [-0.05, 0) is 12.1 Å². The highest BCUT2D eigenvalue weighted by atomic mass is 19.1. The first kappa shape index (κ1) is 13.4. The predicted octanol–water partition coefficient (Wildman–Crippen LogP) is 0.710. The molecule has 0 amide bonds. The first-order valence-electron chi connectivity index (χ1n) is 5.78. The van der Waals surface area contributed by atoms with Gasteiger partial charge in [0.25, 0.3) is 0 Å². The Hall–Kier alpha value is -1.99. The molecule has 1 heterocycles. The van der Waals surface area contributed by atoms with Crippen LogP contribution in [0, 0.1) is 5.82 Å². The van der Waals surface area contributed by atoms with E-state index >= 15 is 0 Å².